The molecule has 1 rings (SSSR count). The normalized spacial score (nSPS) is 17.5. The fourth-order valence-electron chi connectivity index (χ4n) is 1.97. The molecule has 1 atom stereocenters. The van der Waals surface area contributed by atoms with Crippen molar-refractivity contribution in [1.82, 2.24) is 9.80 Å². The number of ether oxygens (including phenoxy) is 1. The second-order valence-electron chi connectivity index (χ2n) is 4.72. The van der Waals surface area contributed by atoms with Gasteiger partial charge in [0.25, 0.3) is 0 Å². The van der Waals surface area contributed by atoms with Crippen LogP contribution in [0.1, 0.15) is 13.3 Å². The maximum atomic E-state index is 12.0. The fourth-order valence-corrected chi connectivity index (χ4v) is 1.97. The van der Waals surface area contributed by atoms with Crippen LogP contribution in [0.3, 0.4) is 0 Å². The molecule has 0 saturated carbocycles. The molecular formula is C12H22N2O5. The highest BCUT2D eigenvalue weighted by Crippen LogP contribution is 2.01. The van der Waals surface area contributed by atoms with Crippen LogP contribution in [-0.2, 0) is 14.3 Å². The minimum atomic E-state index is -0.908. The number of aliphatic carboxylic acids is 1. The van der Waals surface area contributed by atoms with Crippen molar-refractivity contribution in [3.05, 3.63) is 0 Å². The topological polar surface area (TPSA) is 90.3 Å². The van der Waals surface area contributed by atoms with E-state index in [0.29, 0.717) is 32.8 Å². The van der Waals surface area contributed by atoms with E-state index in [0.717, 1.165) is 0 Å². The van der Waals surface area contributed by atoms with Crippen LogP contribution in [0.4, 0.5) is 0 Å². The summed E-state index contributed by atoms with van der Waals surface area (Å²) in [6.07, 6.45) is -0.630. The number of aliphatic hydroxyl groups excluding tert-OH is 1. The van der Waals surface area contributed by atoms with Gasteiger partial charge in [-0.25, -0.2) is 0 Å². The molecule has 0 spiro atoms. The monoisotopic (exact) mass is 274 g/mol. The molecule has 0 aromatic heterocycles. The Hall–Kier alpha value is -1.18. The van der Waals surface area contributed by atoms with E-state index in [9.17, 15) is 14.7 Å². The van der Waals surface area contributed by atoms with E-state index < -0.39 is 12.1 Å². The van der Waals surface area contributed by atoms with Crippen LogP contribution in [0.2, 0.25) is 0 Å². The number of carboxylic acid groups (broad SMARTS) is 1. The van der Waals surface area contributed by atoms with Crippen molar-refractivity contribution in [2.24, 2.45) is 0 Å². The molecule has 0 radical (unpaired) electrons. The molecule has 1 heterocycles. The molecule has 1 amide bonds. The predicted octanol–water partition coefficient (Wildman–Crippen LogP) is -0.997. The van der Waals surface area contributed by atoms with Gasteiger partial charge in [0.1, 0.15) is 0 Å². The average molecular weight is 274 g/mol. The highest BCUT2D eigenvalue weighted by molar-refractivity contribution is 5.78. The molecule has 2 N–H and O–H groups in total. The summed E-state index contributed by atoms with van der Waals surface area (Å²) < 4.78 is 5.17. The second-order valence-corrected chi connectivity index (χ2v) is 4.72. The van der Waals surface area contributed by atoms with Gasteiger partial charge in [-0.2, -0.15) is 0 Å². The lowest BCUT2D eigenvalue weighted by atomic mass is 10.3. The zero-order valence-corrected chi connectivity index (χ0v) is 11.2. The fraction of sp³-hybridized carbons (Fsp3) is 0.833. The van der Waals surface area contributed by atoms with Gasteiger partial charge in [-0.3, -0.25) is 14.5 Å². The predicted molar refractivity (Wildman–Crippen MR) is 67.8 cm³/mol. The van der Waals surface area contributed by atoms with Crippen molar-refractivity contribution in [1.29, 1.82) is 0 Å². The first-order valence-corrected chi connectivity index (χ1v) is 6.46. The minimum Gasteiger partial charge on any atom is -0.481 e. The van der Waals surface area contributed by atoms with Crippen molar-refractivity contribution in [3.63, 3.8) is 0 Å². The van der Waals surface area contributed by atoms with Crippen molar-refractivity contribution in [2.75, 3.05) is 45.9 Å². The van der Waals surface area contributed by atoms with Crippen LogP contribution in [0.5, 0.6) is 0 Å². The van der Waals surface area contributed by atoms with E-state index in [1.165, 1.54) is 0 Å². The lowest BCUT2D eigenvalue weighted by Gasteiger charge is -2.30. The molecule has 0 bridgehead atoms. The van der Waals surface area contributed by atoms with Crippen LogP contribution < -0.4 is 0 Å². The third-order valence-electron chi connectivity index (χ3n) is 2.89. The van der Waals surface area contributed by atoms with Gasteiger partial charge in [-0.15, -0.1) is 0 Å². The summed E-state index contributed by atoms with van der Waals surface area (Å²) in [4.78, 5) is 26.0. The third-order valence-corrected chi connectivity index (χ3v) is 2.89. The van der Waals surface area contributed by atoms with E-state index >= 15 is 0 Å². The maximum absolute atomic E-state index is 12.0. The van der Waals surface area contributed by atoms with Crippen LogP contribution in [-0.4, -0.2) is 83.9 Å². The summed E-state index contributed by atoms with van der Waals surface area (Å²) in [6.45, 7) is 4.53. The van der Waals surface area contributed by atoms with Crippen molar-refractivity contribution in [2.45, 2.75) is 19.4 Å². The molecule has 1 unspecified atom stereocenters. The molecule has 19 heavy (non-hydrogen) atoms. The Bertz CT molecular complexity index is 302. The minimum absolute atomic E-state index is 0.0386. The van der Waals surface area contributed by atoms with E-state index in [4.69, 9.17) is 9.84 Å². The molecule has 0 aliphatic carbocycles. The quantitative estimate of drug-likeness (QED) is 0.619. The molecule has 1 fully saturated rings. The highest BCUT2D eigenvalue weighted by Gasteiger charge is 2.20. The third kappa shape index (κ3) is 6.51. The smallest absolute Gasteiger partial charge is 0.304 e. The highest BCUT2D eigenvalue weighted by atomic mass is 16.5. The zero-order chi connectivity index (χ0) is 14.3. The molecular weight excluding hydrogens is 252 g/mol. The van der Waals surface area contributed by atoms with Gasteiger partial charge in [0.15, 0.2) is 0 Å². The first kappa shape index (κ1) is 15.9. The number of hydrogen-bond acceptors (Lipinski definition) is 5. The Labute approximate surface area is 112 Å². The lowest BCUT2D eigenvalue weighted by molar-refractivity contribution is -0.140. The Morgan fingerprint density at radius 1 is 1.37 bits per heavy atom. The van der Waals surface area contributed by atoms with Gasteiger partial charge in [0.2, 0.25) is 5.91 Å². The van der Waals surface area contributed by atoms with Gasteiger partial charge in [0, 0.05) is 26.2 Å². The molecule has 1 aliphatic rings. The molecule has 0 aromatic rings. The molecule has 1 saturated heterocycles. The van der Waals surface area contributed by atoms with Crippen LogP contribution in [0, 0.1) is 0 Å². The van der Waals surface area contributed by atoms with Crippen molar-refractivity contribution < 1.29 is 24.5 Å². The Morgan fingerprint density at radius 2 is 2.00 bits per heavy atom. The molecule has 0 aromatic carbocycles. The van der Waals surface area contributed by atoms with Gasteiger partial charge < -0.3 is 19.8 Å². The number of aliphatic hydroxyl groups is 1. The summed E-state index contributed by atoms with van der Waals surface area (Å²) in [5.41, 5.74) is 0. The SMILES string of the molecule is CC(O)CN(CCC(=O)O)CC(=O)N1CCOCC1. The summed E-state index contributed by atoms with van der Waals surface area (Å²) in [7, 11) is 0. The summed E-state index contributed by atoms with van der Waals surface area (Å²) in [6, 6.07) is 0. The van der Waals surface area contributed by atoms with E-state index in [-0.39, 0.29) is 25.4 Å². The summed E-state index contributed by atoms with van der Waals surface area (Å²) >= 11 is 0. The van der Waals surface area contributed by atoms with E-state index in [1.807, 2.05) is 0 Å². The second kappa shape index (κ2) is 8.08. The standard InChI is InChI=1S/C12H22N2O5/c1-10(15)8-13(3-2-12(17)18)9-11(16)14-4-6-19-7-5-14/h10,15H,2-9H2,1H3,(H,17,18). The van der Waals surface area contributed by atoms with E-state index in [2.05, 4.69) is 0 Å². The lowest BCUT2D eigenvalue weighted by Crippen LogP contribution is -2.47. The van der Waals surface area contributed by atoms with Crippen molar-refractivity contribution >= 4 is 11.9 Å². The Balaban J connectivity index is 2.44. The van der Waals surface area contributed by atoms with Gasteiger partial charge in [0.05, 0.1) is 32.3 Å². The number of carboxylic acids is 1. The average Bonchev–Trinajstić information content (AvgIpc) is 2.36. The van der Waals surface area contributed by atoms with Gasteiger partial charge >= 0.3 is 5.97 Å². The summed E-state index contributed by atoms with van der Waals surface area (Å²) in [5.74, 6) is -0.955. The Morgan fingerprint density at radius 3 is 2.53 bits per heavy atom. The van der Waals surface area contributed by atoms with Crippen LogP contribution in [0.15, 0.2) is 0 Å². The number of hydrogen-bond donors (Lipinski definition) is 2. The van der Waals surface area contributed by atoms with Gasteiger partial charge in [-0.05, 0) is 6.92 Å². The van der Waals surface area contributed by atoms with Crippen molar-refractivity contribution in [3.8, 4) is 0 Å². The summed E-state index contributed by atoms with van der Waals surface area (Å²) in [5, 5.41) is 18.1. The van der Waals surface area contributed by atoms with Crippen LogP contribution >= 0.6 is 0 Å². The first-order valence-electron chi connectivity index (χ1n) is 6.46. The number of rotatable bonds is 7. The van der Waals surface area contributed by atoms with Gasteiger partial charge in [-0.1, -0.05) is 0 Å². The number of amides is 1. The molecule has 7 nitrogen and oxygen atoms in total. The number of carbonyl (C=O) groups is 2. The van der Waals surface area contributed by atoms with Crippen LogP contribution in [0.25, 0.3) is 0 Å². The maximum Gasteiger partial charge on any atom is 0.304 e. The largest absolute Gasteiger partial charge is 0.481 e. The zero-order valence-electron chi connectivity index (χ0n) is 11.2. The molecule has 110 valence electrons. The first-order chi connectivity index (χ1) is 8.99. The number of morpholine rings is 1. The number of carbonyl (C=O) groups excluding carboxylic acids is 1. The van der Waals surface area contributed by atoms with E-state index in [1.54, 1.807) is 16.7 Å². The Kier molecular flexibility index (Phi) is 6.75. The molecule has 7 heteroatoms. The molecule has 1 aliphatic heterocycles. The number of nitrogens with zero attached hydrogens (tertiary/aromatic N) is 2.